The molecule has 4 N–H and O–H groups in total. The monoisotopic (exact) mass is 370 g/mol. The molecule has 7 heteroatoms. The highest BCUT2D eigenvalue weighted by molar-refractivity contribution is 9.10. The topological polar surface area (TPSA) is 104 Å². The molecule has 0 aliphatic carbocycles. The van der Waals surface area contributed by atoms with E-state index in [-0.39, 0.29) is 6.04 Å². The van der Waals surface area contributed by atoms with Crippen molar-refractivity contribution in [2.24, 2.45) is 5.73 Å². The number of halogens is 1. The summed E-state index contributed by atoms with van der Waals surface area (Å²) in [6, 6.07) is 6.72. The van der Waals surface area contributed by atoms with E-state index < -0.39 is 11.9 Å². The zero-order chi connectivity index (χ0) is 16.7. The number of aliphatic carboxylic acids is 2. The minimum atomic E-state index is -1.26. The molecule has 1 aromatic carbocycles. The summed E-state index contributed by atoms with van der Waals surface area (Å²) in [5, 5.41) is 15.6. The fourth-order valence-corrected chi connectivity index (χ4v) is 2.45. The lowest BCUT2D eigenvalue weighted by molar-refractivity contribution is -0.134. The Morgan fingerprint density at radius 1 is 1.36 bits per heavy atom. The van der Waals surface area contributed by atoms with Crippen molar-refractivity contribution in [2.45, 2.75) is 19.4 Å². The first-order chi connectivity index (χ1) is 10.3. The molecule has 0 bridgehead atoms. The summed E-state index contributed by atoms with van der Waals surface area (Å²) in [5.74, 6) is -2.51. The molecule has 1 aliphatic rings. The predicted octanol–water partition coefficient (Wildman–Crippen LogP) is 1.87. The van der Waals surface area contributed by atoms with Crippen LogP contribution in [0.1, 0.15) is 12.5 Å². The van der Waals surface area contributed by atoms with Crippen LogP contribution in [0.3, 0.4) is 0 Å². The van der Waals surface area contributed by atoms with Gasteiger partial charge >= 0.3 is 11.9 Å². The number of hydrogen-bond acceptors (Lipinski definition) is 4. The van der Waals surface area contributed by atoms with E-state index in [0.29, 0.717) is 12.2 Å². The Morgan fingerprint density at radius 3 is 2.45 bits per heavy atom. The van der Waals surface area contributed by atoms with Crippen LogP contribution < -0.4 is 10.6 Å². The number of carboxylic acids is 2. The third kappa shape index (κ3) is 6.28. The first-order valence-corrected chi connectivity index (χ1v) is 7.51. The Kier molecular flexibility index (Phi) is 7.07. The van der Waals surface area contributed by atoms with Crippen LogP contribution in [0.4, 0.5) is 5.69 Å². The Hall–Kier alpha value is -1.86. The maximum absolute atomic E-state index is 9.55. The normalized spacial score (nSPS) is 14.2. The van der Waals surface area contributed by atoms with E-state index in [1.807, 2.05) is 0 Å². The summed E-state index contributed by atoms with van der Waals surface area (Å²) >= 11 is 3.50. The molecule has 0 saturated heterocycles. The number of nitrogens with zero attached hydrogens (tertiary/aromatic N) is 1. The minimum absolute atomic E-state index is 0.236. The molecule has 0 radical (unpaired) electrons. The van der Waals surface area contributed by atoms with Gasteiger partial charge in [-0.25, -0.2) is 9.59 Å². The summed E-state index contributed by atoms with van der Waals surface area (Å²) in [6.07, 6.45) is 2.26. The minimum Gasteiger partial charge on any atom is -0.478 e. The molecular weight excluding hydrogens is 352 g/mol. The third-order valence-electron chi connectivity index (χ3n) is 2.92. The molecule has 1 aromatic rings. The second kappa shape index (κ2) is 8.55. The van der Waals surface area contributed by atoms with Gasteiger partial charge in [-0.15, -0.1) is 0 Å². The third-order valence-corrected chi connectivity index (χ3v) is 3.41. The quantitative estimate of drug-likeness (QED) is 0.698. The number of nitrogens with two attached hydrogens (primary N) is 1. The Balaban J connectivity index is 0.000000261. The molecular formula is C15H19BrN2O4. The van der Waals surface area contributed by atoms with E-state index in [9.17, 15) is 9.59 Å². The molecule has 0 saturated carbocycles. The maximum Gasteiger partial charge on any atom is 0.328 e. The van der Waals surface area contributed by atoms with Crippen LogP contribution in [0.15, 0.2) is 34.8 Å². The molecule has 0 unspecified atom stereocenters. The second-order valence-corrected chi connectivity index (χ2v) is 5.87. The molecule has 1 atom stereocenters. The van der Waals surface area contributed by atoms with Crippen LogP contribution in [0.25, 0.3) is 0 Å². The average Bonchev–Trinajstić information content (AvgIpc) is 2.79. The van der Waals surface area contributed by atoms with Gasteiger partial charge in [-0.2, -0.15) is 0 Å². The molecule has 120 valence electrons. The number of anilines is 1. The van der Waals surface area contributed by atoms with Crippen LogP contribution in [0.5, 0.6) is 0 Å². The largest absolute Gasteiger partial charge is 0.478 e. The van der Waals surface area contributed by atoms with Gasteiger partial charge < -0.3 is 20.8 Å². The molecule has 2 rings (SSSR count). The van der Waals surface area contributed by atoms with Crippen molar-refractivity contribution in [1.82, 2.24) is 0 Å². The zero-order valence-electron chi connectivity index (χ0n) is 12.2. The van der Waals surface area contributed by atoms with Crippen LogP contribution >= 0.6 is 15.9 Å². The van der Waals surface area contributed by atoms with Crippen LogP contribution in [-0.4, -0.2) is 41.3 Å². The number of benzene rings is 1. The smallest absolute Gasteiger partial charge is 0.328 e. The van der Waals surface area contributed by atoms with Crippen molar-refractivity contribution < 1.29 is 19.8 Å². The second-order valence-electron chi connectivity index (χ2n) is 4.96. The van der Waals surface area contributed by atoms with Gasteiger partial charge in [0, 0.05) is 41.4 Å². The first kappa shape index (κ1) is 18.2. The highest BCUT2D eigenvalue weighted by Gasteiger charge is 2.19. The summed E-state index contributed by atoms with van der Waals surface area (Å²) < 4.78 is 1.15. The van der Waals surface area contributed by atoms with E-state index in [2.05, 4.69) is 46.0 Å². The van der Waals surface area contributed by atoms with Gasteiger partial charge in [0.1, 0.15) is 0 Å². The lowest BCUT2D eigenvalue weighted by Gasteiger charge is -2.21. The van der Waals surface area contributed by atoms with Crippen molar-refractivity contribution in [2.75, 3.05) is 18.0 Å². The van der Waals surface area contributed by atoms with Gasteiger partial charge in [0.05, 0.1) is 0 Å². The lowest BCUT2D eigenvalue weighted by atomic mass is 10.2. The maximum atomic E-state index is 9.55. The van der Waals surface area contributed by atoms with E-state index in [4.69, 9.17) is 15.9 Å². The standard InChI is InChI=1S/C11H15BrN2.C4H4O4/c1-8(13)7-14-5-4-9-2-3-10(12)6-11(9)14;5-3(6)1-2-4(7)8/h2-3,6,8H,4-5,7,13H2,1H3;1-2H,(H,5,6)(H,7,8)/b;2-1+/t8-;/m0./s1. The molecule has 0 amide bonds. The van der Waals surface area contributed by atoms with E-state index >= 15 is 0 Å². The van der Waals surface area contributed by atoms with Gasteiger partial charge in [0.25, 0.3) is 0 Å². The lowest BCUT2D eigenvalue weighted by Crippen LogP contribution is -2.34. The van der Waals surface area contributed by atoms with E-state index in [1.165, 1.54) is 11.3 Å². The number of hydrogen-bond donors (Lipinski definition) is 3. The molecule has 1 heterocycles. The van der Waals surface area contributed by atoms with Crippen molar-refractivity contribution in [3.05, 3.63) is 40.4 Å². The Morgan fingerprint density at radius 2 is 1.95 bits per heavy atom. The SMILES string of the molecule is C[C@H](N)CN1CCc2ccc(Br)cc21.O=C(O)/C=C/C(=O)O. The van der Waals surface area contributed by atoms with Gasteiger partial charge in [-0.1, -0.05) is 22.0 Å². The summed E-state index contributed by atoms with van der Waals surface area (Å²) in [4.78, 5) is 21.5. The molecule has 22 heavy (non-hydrogen) atoms. The summed E-state index contributed by atoms with van der Waals surface area (Å²) in [7, 11) is 0. The highest BCUT2D eigenvalue weighted by atomic mass is 79.9. The van der Waals surface area contributed by atoms with Gasteiger partial charge in [-0.3, -0.25) is 0 Å². The van der Waals surface area contributed by atoms with Crippen LogP contribution in [-0.2, 0) is 16.0 Å². The number of carboxylic acid groups (broad SMARTS) is 2. The predicted molar refractivity (Wildman–Crippen MR) is 88.1 cm³/mol. The van der Waals surface area contributed by atoms with Crippen LogP contribution in [0.2, 0.25) is 0 Å². The number of fused-ring (bicyclic) bond motifs is 1. The van der Waals surface area contributed by atoms with Gasteiger partial charge in [0.15, 0.2) is 0 Å². The first-order valence-electron chi connectivity index (χ1n) is 6.72. The summed E-state index contributed by atoms with van der Waals surface area (Å²) in [6.45, 7) is 4.10. The summed E-state index contributed by atoms with van der Waals surface area (Å²) in [5.41, 5.74) is 8.60. The van der Waals surface area contributed by atoms with Crippen molar-refractivity contribution in [1.29, 1.82) is 0 Å². The van der Waals surface area contributed by atoms with E-state index in [1.54, 1.807) is 0 Å². The highest BCUT2D eigenvalue weighted by Crippen LogP contribution is 2.30. The van der Waals surface area contributed by atoms with Crippen molar-refractivity contribution in [3.8, 4) is 0 Å². The fraction of sp³-hybridized carbons (Fsp3) is 0.333. The van der Waals surface area contributed by atoms with Crippen LogP contribution in [0, 0.1) is 0 Å². The Labute approximate surface area is 137 Å². The van der Waals surface area contributed by atoms with Crippen molar-refractivity contribution >= 4 is 33.6 Å². The fourth-order valence-electron chi connectivity index (χ4n) is 2.10. The van der Waals surface area contributed by atoms with Gasteiger partial charge in [0.2, 0.25) is 0 Å². The number of rotatable bonds is 4. The van der Waals surface area contributed by atoms with Crippen molar-refractivity contribution in [3.63, 3.8) is 0 Å². The average molecular weight is 371 g/mol. The Bertz CT molecular complexity index is 557. The molecule has 6 nitrogen and oxygen atoms in total. The number of carbonyl (C=O) groups is 2. The molecule has 0 spiro atoms. The molecule has 1 aliphatic heterocycles. The molecule has 0 fully saturated rings. The zero-order valence-corrected chi connectivity index (χ0v) is 13.8. The molecule has 0 aromatic heterocycles. The van der Waals surface area contributed by atoms with E-state index in [0.717, 1.165) is 24.0 Å². The van der Waals surface area contributed by atoms with Gasteiger partial charge in [-0.05, 0) is 31.0 Å².